The maximum Gasteiger partial charge on any atom is 0.0720 e. The van der Waals surface area contributed by atoms with Crippen molar-refractivity contribution in [2.45, 2.75) is 5.41 Å². The van der Waals surface area contributed by atoms with Crippen molar-refractivity contribution in [2.75, 3.05) is 4.90 Å². The van der Waals surface area contributed by atoms with Crippen LogP contribution in [0.5, 0.6) is 0 Å². The first kappa shape index (κ1) is 35.0. The second-order valence-corrected chi connectivity index (χ2v) is 16.1. The van der Waals surface area contributed by atoms with Crippen molar-refractivity contribution in [2.24, 2.45) is 0 Å². The van der Waals surface area contributed by atoms with E-state index in [-0.39, 0.29) is 0 Å². The highest BCUT2D eigenvalue weighted by Crippen LogP contribution is 2.59. The fourth-order valence-corrected chi connectivity index (χ4v) is 10.2. The first-order valence-electron chi connectivity index (χ1n) is 21.1. The SMILES string of the molecule is c1ccc(-c2ccccc2C2(c3ccccc3)c3cc(N(c4ccccc4)c4ccc5c(c4)c4ccccc4n5-c4ccccc4)ccc3-c3cc4ccccc4cc32)cc1. The zero-order valence-corrected chi connectivity index (χ0v) is 33.5. The molecule has 2 nitrogen and oxygen atoms in total. The van der Waals surface area contributed by atoms with Gasteiger partial charge in [0.1, 0.15) is 0 Å². The quantitative estimate of drug-likeness (QED) is 0.156. The Kier molecular flexibility index (Phi) is 8.11. The zero-order chi connectivity index (χ0) is 40.3. The first-order chi connectivity index (χ1) is 30.3. The molecule has 0 saturated heterocycles. The minimum Gasteiger partial charge on any atom is -0.310 e. The molecule has 0 spiro atoms. The van der Waals surface area contributed by atoms with Gasteiger partial charge in [0.2, 0.25) is 0 Å². The normalized spacial score (nSPS) is 14.3. The predicted octanol–water partition coefficient (Wildman–Crippen LogP) is 15.4. The number of para-hydroxylation sites is 3. The number of fused-ring (bicyclic) bond motifs is 7. The molecule has 286 valence electrons. The lowest BCUT2D eigenvalue weighted by Gasteiger charge is -2.36. The molecule has 0 N–H and O–H groups in total. The van der Waals surface area contributed by atoms with Gasteiger partial charge >= 0.3 is 0 Å². The summed E-state index contributed by atoms with van der Waals surface area (Å²) in [6.45, 7) is 0. The molecule has 0 bridgehead atoms. The van der Waals surface area contributed by atoms with Crippen molar-refractivity contribution in [3.8, 4) is 27.9 Å². The standard InChI is InChI=1S/C59H40N2/c1-5-19-41(20-6-1)49-29-15-17-31-54(49)59(44-23-7-2-8-24-44)55-38-43-22-14-13-21-42(43)37-52(55)50-35-33-48(40-56(50)59)60(45-25-9-3-10-26-45)47-34-36-58-53(39-47)51-30-16-18-32-57(51)61(58)46-27-11-4-12-28-46/h1-40H. The highest BCUT2D eigenvalue weighted by Gasteiger charge is 2.48. The summed E-state index contributed by atoms with van der Waals surface area (Å²) in [4.78, 5) is 2.44. The summed E-state index contributed by atoms with van der Waals surface area (Å²) < 4.78 is 2.39. The van der Waals surface area contributed by atoms with Crippen LogP contribution in [0.1, 0.15) is 22.3 Å². The topological polar surface area (TPSA) is 8.17 Å². The Morgan fingerprint density at radius 2 is 0.902 bits per heavy atom. The van der Waals surface area contributed by atoms with Gasteiger partial charge in [-0.15, -0.1) is 0 Å². The van der Waals surface area contributed by atoms with Crippen LogP contribution in [0, 0.1) is 0 Å². The molecule has 61 heavy (non-hydrogen) atoms. The van der Waals surface area contributed by atoms with Gasteiger partial charge in [0.15, 0.2) is 0 Å². The van der Waals surface area contributed by atoms with E-state index in [1.54, 1.807) is 0 Å². The number of hydrogen-bond donors (Lipinski definition) is 0. The van der Waals surface area contributed by atoms with Crippen LogP contribution in [0.3, 0.4) is 0 Å². The molecule has 1 unspecified atom stereocenters. The summed E-state index contributed by atoms with van der Waals surface area (Å²) in [5.41, 5.74) is 16.2. The zero-order valence-electron chi connectivity index (χ0n) is 33.5. The summed E-state index contributed by atoms with van der Waals surface area (Å²) >= 11 is 0. The van der Waals surface area contributed by atoms with Gasteiger partial charge in [-0.1, -0.05) is 170 Å². The van der Waals surface area contributed by atoms with Gasteiger partial charge in [-0.05, 0) is 128 Å². The Labute approximate surface area is 355 Å². The minimum absolute atomic E-state index is 0.631. The van der Waals surface area contributed by atoms with E-state index < -0.39 is 5.41 Å². The van der Waals surface area contributed by atoms with Crippen molar-refractivity contribution in [3.05, 3.63) is 265 Å². The minimum atomic E-state index is -0.631. The lowest BCUT2D eigenvalue weighted by Crippen LogP contribution is -2.29. The van der Waals surface area contributed by atoms with Gasteiger partial charge < -0.3 is 9.47 Å². The Bertz CT molecular complexity index is 3410. The Morgan fingerprint density at radius 1 is 0.328 bits per heavy atom. The van der Waals surface area contributed by atoms with E-state index in [0.717, 1.165) is 22.7 Å². The largest absolute Gasteiger partial charge is 0.310 e. The third-order valence-electron chi connectivity index (χ3n) is 12.8. The number of hydrogen-bond acceptors (Lipinski definition) is 1. The third kappa shape index (κ3) is 5.43. The molecule has 0 fully saturated rings. The molecule has 2 heteroatoms. The third-order valence-corrected chi connectivity index (χ3v) is 12.8. The van der Waals surface area contributed by atoms with Crippen molar-refractivity contribution in [1.82, 2.24) is 4.57 Å². The number of benzene rings is 10. The molecule has 0 aliphatic heterocycles. The van der Waals surface area contributed by atoms with E-state index in [4.69, 9.17) is 0 Å². The van der Waals surface area contributed by atoms with Gasteiger partial charge in [0, 0.05) is 33.5 Å². The van der Waals surface area contributed by atoms with Crippen molar-refractivity contribution < 1.29 is 0 Å². The fourth-order valence-electron chi connectivity index (χ4n) is 10.2. The van der Waals surface area contributed by atoms with Crippen LogP contribution in [-0.4, -0.2) is 4.57 Å². The van der Waals surface area contributed by atoms with Crippen LogP contribution in [0.25, 0.3) is 60.5 Å². The first-order valence-corrected chi connectivity index (χ1v) is 21.1. The molecule has 1 atom stereocenters. The second kappa shape index (κ2) is 14.1. The Hall–Kier alpha value is -7.94. The smallest absolute Gasteiger partial charge is 0.0720 e. The van der Waals surface area contributed by atoms with Crippen LogP contribution >= 0.6 is 0 Å². The van der Waals surface area contributed by atoms with Gasteiger partial charge in [-0.2, -0.15) is 0 Å². The van der Waals surface area contributed by atoms with Crippen LogP contribution in [-0.2, 0) is 5.41 Å². The molecular formula is C59H40N2. The average molecular weight is 777 g/mol. The van der Waals surface area contributed by atoms with Crippen LogP contribution in [0.15, 0.2) is 243 Å². The molecule has 12 rings (SSSR count). The van der Waals surface area contributed by atoms with E-state index in [1.165, 1.54) is 77.1 Å². The maximum absolute atomic E-state index is 2.49. The molecule has 10 aromatic carbocycles. The number of nitrogens with zero attached hydrogens (tertiary/aromatic N) is 2. The van der Waals surface area contributed by atoms with Gasteiger partial charge in [0.05, 0.1) is 16.4 Å². The molecule has 1 heterocycles. The maximum atomic E-state index is 2.49. The molecule has 0 amide bonds. The lowest BCUT2D eigenvalue weighted by molar-refractivity contribution is 0.771. The second-order valence-electron chi connectivity index (χ2n) is 16.1. The van der Waals surface area contributed by atoms with Crippen molar-refractivity contribution >= 4 is 49.6 Å². The van der Waals surface area contributed by atoms with Crippen LogP contribution in [0.4, 0.5) is 17.1 Å². The van der Waals surface area contributed by atoms with Crippen LogP contribution < -0.4 is 4.90 Å². The van der Waals surface area contributed by atoms with Gasteiger partial charge in [0.25, 0.3) is 0 Å². The van der Waals surface area contributed by atoms with E-state index in [9.17, 15) is 0 Å². The van der Waals surface area contributed by atoms with E-state index in [1.807, 2.05) is 0 Å². The van der Waals surface area contributed by atoms with E-state index in [0.29, 0.717) is 0 Å². The molecule has 1 aliphatic rings. The Balaban J connectivity index is 1.15. The summed E-state index contributed by atoms with van der Waals surface area (Å²) in [5, 5.41) is 4.92. The van der Waals surface area contributed by atoms with Crippen molar-refractivity contribution in [3.63, 3.8) is 0 Å². The molecule has 11 aromatic rings. The van der Waals surface area contributed by atoms with E-state index >= 15 is 0 Å². The molecular weight excluding hydrogens is 737 g/mol. The monoisotopic (exact) mass is 776 g/mol. The average Bonchev–Trinajstić information content (AvgIpc) is 3.81. The van der Waals surface area contributed by atoms with Gasteiger partial charge in [-0.25, -0.2) is 0 Å². The van der Waals surface area contributed by atoms with Crippen molar-refractivity contribution in [1.29, 1.82) is 0 Å². The lowest BCUT2D eigenvalue weighted by atomic mass is 9.65. The predicted molar refractivity (Wildman–Crippen MR) is 256 cm³/mol. The highest BCUT2D eigenvalue weighted by molar-refractivity contribution is 6.11. The number of rotatable bonds is 7. The van der Waals surface area contributed by atoms with Crippen LogP contribution in [0.2, 0.25) is 0 Å². The molecule has 1 aliphatic carbocycles. The molecule has 1 aromatic heterocycles. The summed E-state index contributed by atoms with van der Waals surface area (Å²) in [5.74, 6) is 0. The highest BCUT2D eigenvalue weighted by atomic mass is 15.1. The molecule has 0 radical (unpaired) electrons. The van der Waals surface area contributed by atoms with Gasteiger partial charge in [-0.3, -0.25) is 0 Å². The van der Waals surface area contributed by atoms with E-state index in [2.05, 4.69) is 252 Å². The molecule has 0 saturated carbocycles. The summed E-state index contributed by atoms with van der Waals surface area (Å²) in [7, 11) is 0. The fraction of sp³-hybridized carbons (Fsp3) is 0.0169. The number of aromatic nitrogens is 1. The number of anilines is 3. The Morgan fingerprint density at radius 3 is 1.69 bits per heavy atom. The summed E-state index contributed by atoms with van der Waals surface area (Å²) in [6, 6.07) is 89.3. The summed E-state index contributed by atoms with van der Waals surface area (Å²) in [6.07, 6.45) is 0.